The van der Waals surface area contributed by atoms with Gasteiger partial charge in [0.15, 0.2) is 0 Å². The molecule has 0 aliphatic heterocycles. The molecule has 2 amide bonds. The van der Waals surface area contributed by atoms with E-state index in [1.54, 1.807) is 54.6 Å². The molecule has 0 saturated carbocycles. The Balaban J connectivity index is 2.29. The van der Waals surface area contributed by atoms with E-state index in [1.165, 1.54) is 17.8 Å². The zero-order valence-corrected chi connectivity index (χ0v) is 19.1. The van der Waals surface area contributed by atoms with Gasteiger partial charge in [0.2, 0.25) is 0 Å². The first kappa shape index (κ1) is 25.0. The molecule has 8 heteroatoms. The van der Waals surface area contributed by atoms with Gasteiger partial charge in [-0.2, -0.15) is 11.8 Å². The van der Waals surface area contributed by atoms with Gasteiger partial charge in [0.05, 0.1) is 6.10 Å². The molecular weight excluding hydrogens is 428 g/mol. The average Bonchev–Trinajstić information content (AvgIpc) is 2.77. The molecule has 0 aliphatic rings. The standard InChI is InChI=1S/C24H28N2O5S/c1-16(2)31-19-11-9-17(10-12-19)15-21(26-22(27)18-7-5-4-6-8-18)23(28)25-20(24(29)30)13-14-32-3/h4-12,15-16,20H,13-14H2,1-3H3,(H,25,28)(H,26,27)(H,29,30). The normalized spacial score (nSPS) is 12.2. The highest BCUT2D eigenvalue weighted by Crippen LogP contribution is 2.16. The molecule has 3 N–H and O–H groups in total. The van der Waals surface area contributed by atoms with Crippen LogP contribution in [0.5, 0.6) is 5.75 Å². The number of carboxylic acid groups (broad SMARTS) is 1. The second-order valence-electron chi connectivity index (χ2n) is 7.26. The summed E-state index contributed by atoms with van der Waals surface area (Å²) >= 11 is 1.49. The predicted octanol–water partition coefficient (Wildman–Crippen LogP) is 3.57. The van der Waals surface area contributed by atoms with Crippen molar-refractivity contribution in [2.24, 2.45) is 0 Å². The van der Waals surface area contributed by atoms with Gasteiger partial charge in [0.25, 0.3) is 11.8 Å². The molecule has 7 nitrogen and oxygen atoms in total. The second-order valence-corrected chi connectivity index (χ2v) is 8.25. The van der Waals surface area contributed by atoms with Gasteiger partial charge in [-0.25, -0.2) is 4.79 Å². The number of carbonyl (C=O) groups is 3. The third-order valence-corrected chi connectivity index (χ3v) is 4.95. The van der Waals surface area contributed by atoms with Crippen molar-refractivity contribution in [2.45, 2.75) is 32.4 Å². The highest BCUT2D eigenvalue weighted by atomic mass is 32.2. The lowest BCUT2D eigenvalue weighted by atomic mass is 10.1. The zero-order valence-electron chi connectivity index (χ0n) is 18.3. The van der Waals surface area contributed by atoms with Crippen LogP contribution in [0.15, 0.2) is 60.3 Å². The van der Waals surface area contributed by atoms with Gasteiger partial charge in [-0.05, 0) is 68.2 Å². The smallest absolute Gasteiger partial charge is 0.326 e. The lowest BCUT2D eigenvalue weighted by Crippen LogP contribution is -2.44. The number of nitrogens with one attached hydrogen (secondary N) is 2. The molecule has 2 aromatic rings. The molecule has 0 radical (unpaired) electrons. The van der Waals surface area contributed by atoms with Gasteiger partial charge in [0, 0.05) is 5.56 Å². The monoisotopic (exact) mass is 456 g/mol. The lowest BCUT2D eigenvalue weighted by Gasteiger charge is -2.16. The van der Waals surface area contributed by atoms with Gasteiger partial charge in [-0.1, -0.05) is 30.3 Å². The Bertz CT molecular complexity index is 943. The average molecular weight is 457 g/mol. The third kappa shape index (κ3) is 8.11. The van der Waals surface area contributed by atoms with Crippen LogP contribution in [0.1, 0.15) is 36.2 Å². The van der Waals surface area contributed by atoms with Crippen molar-refractivity contribution < 1.29 is 24.2 Å². The number of hydrogen-bond donors (Lipinski definition) is 3. The molecule has 0 aliphatic carbocycles. The van der Waals surface area contributed by atoms with Crippen molar-refractivity contribution >= 4 is 35.6 Å². The SMILES string of the molecule is CSCCC(NC(=O)C(=Cc1ccc(OC(C)C)cc1)NC(=O)c1ccccc1)C(=O)O. The fourth-order valence-electron chi connectivity index (χ4n) is 2.75. The summed E-state index contributed by atoms with van der Waals surface area (Å²) in [5.41, 5.74) is 0.978. The van der Waals surface area contributed by atoms with Crippen LogP contribution in [0.4, 0.5) is 0 Å². The fraction of sp³-hybridized carbons (Fsp3) is 0.292. The topological polar surface area (TPSA) is 105 Å². The third-order valence-electron chi connectivity index (χ3n) is 4.31. The summed E-state index contributed by atoms with van der Waals surface area (Å²) in [6, 6.07) is 14.4. The summed E-state index contributed by atoms with van der Waals surface area (Å²) < 4.78 is 5.62. The minimum atomic E-state index is -1.13. The Hall–Kier alpha value is -3.26. The lowest BCUT2D eigenvalue weighted by molar-refractivity contribution is -0.141. The second kappa shape index (κ2) is 12.6. The van der Waals surface area contributed by atoms with Gasteiger partial charge >= 0.3 is 5.97 Å². The van der Waals surface area contributed by atoms with Crippen LogP contribution < -0.4 is 15.4 Å². The van der Waals surface area contributed by atoms with Crippen molar-refractivity contribution in [1.29, 1.82) is 0 Å². The first-order chi connectivity index (χ1) is 15.3. The fourth-order valence-corrected chi connectivity index (χ4v) is 3.22. The van der Waals surface area contributed by atoms with E-state index >= 15 is 0 Å². The number of hydrogen-bond acceptors (Lipinski definition) is 5. The van der Waals surface area contributed by atoms with E-state index in [0.717, 1.165) is 0 Å². The maximum atomic E-state index is 12.9. The highest BCUT2D eigenvalue weighted by Gasteiger charge is 2.22. The molecule has 1 unspecified atom stereocenters. The van der Waals surface area contributed by atoms with Crippen molar-refractivity contribution in [3.05, 3.63) is 71.4 Å². The van der Waals surface area contributed by atoms with Crippen molar-refractivity contribution in [3.63, 3.8) is 0 Å². The van der Waals surface area contributed by atoms with Crippen LogP contribution in [0.2, 0.25) is 0 Å². The number of rotatable bonds is 11. The van der Waals surface area contributed by atoms with Crippen molar-refractivity contribution in [2.75, 3.05) is 12.0 Å². The summed E-state index contributed by atoms with van der Waals surface area (Å²) in [6.45, 7) is 3.84. The summed E-state index contributed by atoms with van der Waals surface area (Å²) in [7, 11) is 0. The van der Waals surface area contributed by atoms with E-state index in [4.69, 9.17) is 4.74 Å². The molecule has 2 aromatic carbocycles. The maximum Gasteiger partial charge on any atom is 0.326 e. The molecule has 0 bridgehead atoms. The minimum Gasteiger partial charge on any atom is -0.491 e. The van der Waals surface area contributed by atoms with Gasteiger partial charge < -0.3 is 20.5 Å². The van der Waals surface area contributed by atoms with Crippen LogP contribution in [-0.2, 0) is 9.59 Å². The first-order valence-corrected chi connectivity index (χ1v) is 11.6. The predicted molar refractivity (Wildman–Crippen MR) is 127 cm³/mol. The Morgan fingerprint density at radius 1 is 1.06 bits per heavy atom. The summed E-state index contributed by atoms with van der Waals surface area (Å²) in [6.07, 6.45) is 3.66. The Kier molecular flexibility index (Phi) is 9.81. The number of thioether (sulfide) groups is 1. The summed E-state index contributed by atoms with van der Waals surface area (Å²) in [4.78, 5) is 37.1. The van der Waals surface area contributed by atoms with Crippen LogP contribution in [0.3, 0.4) is 0 Å². The Morgan fingerprint density at radius 2 is 1.72 bits per heavy atom. The number of benzene rings is 2. The summed E-state index contributed by atoms with van der Waals surface area (Å²) in [5.74, 6) is -1.02. The van der Waals surface area contributed by atoms with Gasteiger partial charge in [-0.3, -0.25) is 9.59 Å². The van der Waals surface area contributed by atoms with E-state index in [9.17, 15) is 19.5 Å². The van der Waals surface area contributed by atoms with Gasteiger partial charge in [0.1, 0.15) is 17.5 Å². The van der Waals surface area contributed by atoms with Crippen molar-refractivity contribution in [1.82, 2.24) is 10.6 Å². The number of aliphatic carboxylic acids is 1. The number of carbonyl (C=O) groups excluding carboxylic acids is 2. The largest absolute Gasteiger partial charge is 0.491 e. The highest BCUT2D eigenvalue weighted by molar-refractivity contribution is 7.98. The molecule has 1 atom stereocenters. The van der Waals surface area contributed by atoms with E-state index in [-0.39, 0.29) is 18.2 Å². The molecule has 0 spiro atoms. The molecule has 0 heterocycles. The number of ether oxygens (including phenoxy) is 1. The number of amides is 2. The minimum absolute atomic E-state index is 0.0251. The van der Waals surface area contributed by atoms with E-state index < -0.39 is 23.8 Å². The Labute approximate surface area is 192 Å². The van der Waals surface area contributed by atoms with Crippen LogP contribution >= 0.6 is 11.8 Å². The van der Waals surface area contributed by atoms with Crippen LogP contribution in [0, 0.1) is 0 Å². The van der Waals surface area contributed by atoms with Crippen LogP contribution in [0.25, 0.3) is 6.08 Å². The molecule has 170 valence electrons. The first-order valence-electron chi connectivity index (χ1n) is 10.2. The molecule has 0 aromatic heterocycles. The molecule has 32 heavy (non-hydrogen) atoms. The molecule has 0 saturated heterocycles. The molecule has 0 fully saturated rings. The summed E-state index contributed by atoms with van der Waals surface area (Å²) in [5, 5.41) is 14.6. The van der Waals surface area contributed by atoms with E-state index in [1.807, 2.05) is 20.1 Å². The number of carboxylic acids is 1. The Morgan fingerprint density at radius 3 is 2.28 bits per heavy atom. The maximum absolute atomic E-state index is 12.9. The van der Waals surface area contributed by atoms with E-state index in [0.29, 0.717) is 22.6 Å². The molecular formula is C24H28N2O5S. The quantitative estimate of drug-likeness (QED) is 0.447. The molecule has 2 rings (SSSR count). The van der Waals surface area contributed by atoms with Crippen LogP contribution in [-0.4, -0.2) is 47.0 Å². The van der Waals surface area contributed by atoms with Gasteiger partial charge in [-0.15, -0.1) is 0 Å². The van der Waals surface area contributed by atoms with E-state index in [2.05, 4.69) is 10.6 Å². The van der Waals surface area contributed by atoms with Crippen molar-refractivity contribution in [3.8, 4) is 5.75 Å². The zero-order chi connectivity index (χ0) is 23.5.